The van der Waals surface area contributed by atoms with Gasteiger partial charge >= 0.3 is 6.18 Å². The molecule has 134 valence electrons. The van der Waals surface area contributed by atoms with Gasteiger partial charge in [0.15, 0.2) is 0 Å². The fraction of sp³-hybridized carbons (Fsp3) is 0.375. The van der Waals surface area contributed by atoms with Crippen LogP contribution in [0.15, 0.2) is 35.5 Å². The molecule has 25 heavy (non-hydrogen) atoms. The van der Waals surface area contributed by atoms with Crippen molar-refractivity contribution in [2.75, 3.05) is 11.5 Å². The second kappa shape index (κ2) is 5.98. The summed E-state index contributed by atoms with van der Waals surface area (Å²) in [5.74, 6) is 0.326. The lowest BCUT2D eigenvalue weighted by molar-refractivity contribution is -0.137. The summed E-state index contributed by atoms with van der Waals surface area (Å²) in [5.41, 5.74) is -1.75. The third kappa shape index (κ3) is 3.46. The van der Waals surface area contributed by atoms with Crippen molar-refractivity contribution in [2.45, 2.75) is 19.6 Å². The van der Waals surface area contributed by atoms with Crippen molar-refractivity contribution < 1.29 is 22.5 Å². The van der Waals surface area contributed by atoms with E-state index in [4.69, 9.17) is 0 Å². The summed E-state index contributed by atoms with van der Waals surface area (Å²) >= 11 is 0. The lowest BCUT2D eigenvalue weighted by Crippen LogP contribution is -2.47. The van der Waals surface area contributed by atoms with Gasteiger partial charge in [-0.05, 0) is 18.2 Å². The smallest absolute Gasteiger partial charge is 0.416 e. The van der Waals surface area contributed by atoms with Gasteiger partial charge in [-0.1, -0.05) is 6.92 Å². The maximum absolute atomic E-state index is 12.7. The predicted octanol–water partition coefficient (Wildman–Crippen LogP) is 2.40. The molecule has 1 aromatic heterocycles. The summed E-state index contributed by atoms with van der Waals surface area (Å²) in [7, 11) is -0.880. The highest BCUT2D eigenvalue weighted by Gasteiger charge is 2.39. The van der Waals surface area contributed by atoms with Gasteiger partial charge in [0.1, 0.15) is 5.75 Å². The van der Waals surface area contributed by atoms with Crippen LogP contribution in [0, 0.1) is 5.41 Å². The molecule has 2 aromatic rings. The van der Waals surface area contributed by atoms with E-state index >= 15 is 0 Å². The molecule has 2 heterocycles. The van der Waals surface area contributed by atoms with Gasteiger partial charge in [0.25, 0.3) is 5.56 Å². The van der Waals surface area contributed by atoms with E-state index in [1.54, 1.807) is 0 Å². The van der Waals surface area contributed by atoms with Crippen LogP contribution in [-0.4, -0.2) is 30.4 Å². The van der Waals surface area contributed by atoms with Crippen molar-refractivity contribution >= 4 is 10.8 Å². The quantitative estimate of drug-likeness (QED) is 0.898. The first kappa shape index (κ1) is 17.7. The van der Waals surface area contributed by atoms with Crippen molar-refractivity contribution in [2.24, 2.45) is 5.41 Å². The molecule has 5 nitrogen and oxygen atoms in total. The van der Waals surface area contributed by atoms with Crippen molar-refractivity contribution in [3.8, 4) is 16.9 Å². The van der Waals surface area contributed by atoms with Gasteiger partial charge in [-0.15, -0.1) is 0 Å². The van der Waals surface area contributed by atoms with Crippen molar-refractivity contribution in [1.29, 1.82) is 0 Å². The van der Waals surface area contributed by atoms with Gasteiger partial charge in [-0.2, -0.15) is 13.2 Å². The van der Waals surface area contributed by atoms with Crippen LogP contribution >= 0.6 is 0 Å². The maximum Gasteiger partial charge on any atom is 0.416 e. The molecule has 0 amide bonds. The number of aromatic hydroxyl groups is 1. The second-order valence-corrected chi connectivity index (χ2v) is 7.97. The Balaban J connectivity index is 1.97. The molecule has 0 aliphatic carbocycles. The van der Waals surface area contributed by atoms with E-state index in [0.717, 1.165) is 12.1 Å². The van der Waals surface area contributed by atoms with Gasteiger partial charge in [-0.25, -0.2) is 4.98 Å². The molecule has 0 radical (unpaired) electrons. The molecule has 1 N–H and O–H groups in total. The number of aromatic nitrogens is 2. The third-order valence-corrected chi connectivity index (χ3v) is 6.12. The molecular weight excluding hydrogens is 357 g/mol. The van der Waals surface area contributed by atoms with E-state index in [0.29, 0.717) is 24.1 Å². The number of halogens is 3. The van der Waals surface area contributed by atoms with Crippen molar-refractivity contribution in [3.63, 3.8) is 0 Å². The Morgan fingerprint density at radius 3 is 2.56 bits per heavy atom. The normalized spacial score (nSPS) is 23.3. The van der Waals surface area contributed by atoms with Crippen LogP contribution in [0.2, 0.25) is 0 Å². The molecule has 0 unspecified atom stereocenters. The number of hydrogen-bond acceptors (Lipinski definition) is 4. The zero-order chi connectivity index (χ0) is 18.4. The van der Waals surface area contributed by atoms with E-state index in [-0.39, 0.29) is 16.5 Å². The molecule has 9 heteroatoms. The van der Waals surface area contributed by atoms with E-state index in [1.807, 2.05) is 6.92 Å². The van der Waals surface area contributed by atoms with Crippen LogP contribution in [-0.2, 0) is 23.5 Å². The first-order chi connectivity index (χ1) is 11.6. The Morgan fingerprint density at radius 2 is 2.00 bits per heavy atom. The molecule has 0 saturated carbocycles. The lowest BCUT2D eigenvalue weighted by atomic mass is 9.94. The van der Waals surface area contributed by atoms with Crippen LogP contribution in [0.25, 0.3) is 11.1 Å². The van der Waals surface area contributed by atoms with Crippen LogP contribution in [0.3, 0.4) is 0 Å². The Hall–Kier alpha value is -2.16. The van der Waals surface area contributed by atoms with Gasteiger partial charge in [0, 0.05) is 46.0 Å². The largest absolute Gasteiger partial charge is 0.507 e. The molecule has 1 aliphatic heterocycles. The highest BCUT2D eigenvalue weighted by molar-refractivity contribution is 7.86. The highest BCUT2D eigenvalue weighted by atomic mass is 32.2. The fourth-order valence-electron chi connectivity index (χ4n) is 2.92. The summed E-state index contributed by atoms with van der Waals surface area (Å²) in [6.07, 6.45) is -2.04. The zero-order valence-corrected chi connectivity index (χ0v) is 14.0. The van der Waals surface area contributed by atoms with Crippen LogP contribution in [0.5, 0.6) is 5.75 Å². The minimum absolute atomic E-state index is 0.0118. The van der Waals surface area contributed by atoms with Crippen LogP contribution in [0.4, 0.5) is 13.2 Å². The molecule has 1 aromatic carbocycles. The van der Waals surface area contributed by atoms with Gasteiger partial charge in [-0.3, -0.25) is 13.6 Å². The van der Waals surface area contributed by atoms with Crippen LogP contribution in [0.1, 0.15) is 12.5 Å². The maximum atomic E-state index is 12.7. The first-order valence-corrected chi connectivity index (χ1v) is 8.88. The third-order valence-electron chi connectivity index (χ3n) is 4.09. The SMILES string of the molecule is CC1(Cn2cncc(-c3ccc(C(F)(F)F)cc3O)c2=O)CS(=O)C1. The summed E-state index contributed by atoms with van der Waals surface area (Å²) in [5, 5.41) is 9.93. The Labute approximate surface area is 143 Å². The monoisotopic (exact) mass is 372 g/mol. The van der Waals surface area contributed by atoms with E-state index in [2.05, 4.69) is 4.98 Å². The summed E-state index contributed by atoms with van der Waals surface area (Å²) < 4.78 is 50.7. The second-order valence-electron chi connectivity index (χ2n) is 6.51. The number of alkyl halides is 3. The number of benzene rings is 1. The minimum atomic E-state index is -4.58. The van der Waals surface area contributed by atoms with Crippen molar-refractivity contribution in [1.82, 2.24) is 9.55 Å². The number of rotatable bonds is 3. The molecule has 3 rings (SSSR count). The predicted molar refractivity (Wildman–Crippen MR) is 86.6 cm³/mol. The van der Waals surface area contributed by atoms with Gasteiger partial charge in [0.05, 0.1) is 17.5 Å². The van der Waals surface area contributed by atoms with E-state index in [1.165, 1.54) is 17.1 Å². The molecule has 0 bridgehead atoms. The lowest BCUT2D eigenvalue weighted by Gasteiger charge is -2.37. The summed E-state index contributed by atoms with van der Waals surface area (Å²) in [6.45, 7) is 2.21. The number of phenols is 1. The molecule has 0 atom stereocenters. The van der Waals surface area contributed by atoms with E-state index < -0.39 is 33.8 Å². The highest BCUT2D eigenvalue weighted by Crippen LogP contribution is 2.35. The topological polar surface area (TPSA) is 72.2 Å². The molecular formula is C16H15F3N2O3S. The molecule has 1 aliphatic rings. The Bertz CT molecular complexity index is 900. The molecule has 0 spiro atoms. The number of nitrogens with zero attached hydrogens (tertiary/aromatic N) is 2. The average molecular weight is 372 g/mol. The number of phenolic OH excluding ortho intramolecular Hbond substituents is 1. The van der Waals surface area contributed by atoms with E-state index in [9.17, 15) is 27.3 Å². The molecule has 1 saturated heterocycles. The minimum Gasteiger partial charge on any atom is -0.507 e. The molecule has 1 fully saturated rings. The Kier molecular flexibility index (Phi) is 4.22. The van der Waals surface area contributed by atoms with Crippen LogP contribution < -0.4 is 5.56 Å². The zero-order valence-electron chi connectivity index (χ0n) is 13.2. The standard InChI is InChI=1S/C16H15F3N2O3S/c1-15(7-25(24)8-15)6-21-9-20-5-12(14(21)23)11-3-2-10(4-13(11)22)16(17,18)19/h2-5,9,22H,6-8H2,1H3. The Morgan fingerprint density at radius 1 is 1.32 bits per heavy atom. The van der Waals surface area contributed by atoms with Gasteiger partial charge in [0.2, 0.25) is 0 Å². The average Bonchev–Trinajstić information content (AvgIpc) is 2.47. The van der Waals surface area contributed by atoms with Gasteiger partial charge < -0.3 is 5.11 Å². The summed E-state index contributed by atoms with van der Waals surface area (Å²) in [4.78, 5) is 16.6. The summed E-state index contributed by atoms with van der Waals surface area (Å²) in [6, 6.07) is 2.45. The first-order valence-electron chi connectivity index (χ1n) is 7.39. The fourth-order valence-corrected chi connectivity index (χ4v) is 4.57. The number of hydrogen-bond donors (Lipinski definition) is 1. The van der Waals surface area contributed by atoms with Crippen molar-refractivity contribution in [3.05, 3.63) is 46.6 Å².